The van der Waals surface area contributed by atoms with E-state index in [1.165, 1.54) is 19.3 Å². The molecule has 0 aliphatic heterocycles. The number of aliphatic hydroxyl groups is 1. The van der Waals surface area contributed by atoms with E-state index in [0.717, 1.165) is 18.4 Å². The van der Waals surface area contributed by atoms with E-state index in [1.807, 2.05) is 6.07 Å². The van der Waals surface area contributed by atoms with Gasteiger partial charge in [-0.3, -0.25) is 4.98 Å². The number of pyridine rings is 1. The summed E-state index contributed by atoms with van der Waals surface area (Å²) in [5, 5.41) is 10.0. The van der Waals surface area contributed by atoms with E-state index < -0.39 is 6.10 Å². The van der Waals surface area contributed by atoms with Crippen LogP contribution in [0.4, 0.5) is 0 Å². The molecule has 0 radical (unpaired) electrons. The van der Waals surface area contributed by atoms with E-state index >= 15 is 0 Å². The maximum Gasteiger partial charge on any atom is 0.142 e. The fourth-order valence-electron chi connectivity index (χ4n) is 1.76. The summed E-state index contributed by atoms with van der Waals surface area (Å²) < 4.78 is 5.17. The molecule has 3 nitrogen and oxygen atoms in total. The van der Waals surface area contributed by atoms with Crippen LogP contribution in [0.5, 0.6) is 5.75 Å². The summed E-state index contributed by atoms with van der Waals surface area (Å²) in [5.41, 5.74) is 0.842. The number of aliphatic hydroxyl groups excluding tert-OH is 1. The molecule has 1 rings (SSSR count). The molecule has 1 N–H and O–H groups in total. The standard InChI is InChI=1S/C13H21NO2/c1-3-4-5-6-7-12(15)11-8-9-14-10-13(11)16-2/h8-10,12,15H,3-7H2,1-2H3. The van der Waals surface area contributed by atoms with E-state index in [9.17, 15) is 5.11 Å². The quantitative estimate of drug-likeness (QED) is 0.722. The zero-order chi connectivity index (χ0) is 11.8. The van der Waals surface area contributed by atoms with Crippen LogP contribution in [-0.4, -0.2) is 17.2 Å². The van der Waals surface area contributed by atoms with Gasteiger partial charge in [0.25, 0.3) is 0 Å². The van der Waals surface area contributed by atoms with Crippen LogP contribution in [0.25, 0.3) is 0 Å². The molecule has 3 heteroatoms. The maximum absolute atomic E-state index is 10.0. The van der Waals surface area contributed by atoms with Crippen molar-refractivity contribution in [2.45, 2.75) is 45.1 Å². The maximum atomic E-state index is 10.0. The van der Waals surface area contributed by atoms with E-state index in [1.54, 1.807) is 19.5 Å². The van der Waals surface area contributed by atoms with Crippen LogP contribution in [0.3, 0.4) is 0 Å². The second kappa shape index (κ2) is 7.23. The van der Waals surface area contributed by atoms with Gasteiger partial charge in [-0.15, -0.1) is 0 Å². The van der Waals surface area contributed by atoms with Crippen molar-refractivity contribution in [1.29, 1.82) is 0 Å². The van der Waals surface area contributed by atoms with E-state index in [2.05, 4.69) is 11.9 Å². The number of aromatic nitrogens is 1. The zero-order valence-electron chi connectivity index (χ0n) is 10.1. The van der Waals surface area contributed by atoms with Crippen molar-refractivity contribution >= 4 is 0 Å². The molecule has 1 aromatic heterocycles. The molecule has 1 heterocycles. The van der Waals surface area contributed by atoms with Crippen LogP contribution in [-0.2, 0) is 0 Å². The minimum atomic E-state index is -0.435. The van der Waals surface area contributed by atoms with Crippen LogP contribution in [0.1, 0.15) is 50.7 Å². The first-order valence-corrected chi connectivity index (χ1v) is 5.95. The van der Waals surface area contributed by atoms with Crippen molar-refractivity contribution in [3.05, 3.63) is 24.0 Å². The third-order valence-corrected chi connectivity index (χ3v) is 2.73. The predicted octanol–water partition coefficient (Wildman–Crippen LogP) is 3.09. The summed E-state index contributed by atoms with van der Waals surface area (Å²) in [5.74, 6) is 0.672. The second-order valence-electron chi connectivity index (χ2n) is 3.98. The van der Waals surface area contributed by atoms with Gasteiger partial charge in [0.05, 0.1) is 19.4 Å². The number of rotatable bonds is 7. The minimum Gasteiger partial charge on any atom is -0.495 e. The van der Waals surface area contributed by atoms with E-state index in [0.29, 0.717) is 5.75 Å². The molecule has 0 saturated carbocycles. The van der Waals surface area contributed by atoms with Gasteiger partial charge >= 0.3 is 0 Å². The van der Waals surface area contributed by atoms with Crippen molar-refractivity contribution < 1.29 is 9.84 Å². The van der Waals surface area contributed by atoms with Crippen molar-refractivity contribution in [3.63, 3.8) is 0 Å². The topological polar surface area (TPSA) is 42.4 Å². The summed E-state index contributed by atoms with van der Waals surface area (Å²) >= 11 is 0. The number of unbranched alkanes of at least 4 members (excludes halogenated alkanes) is 3. The normalized spacial score (nSPS) is 12.4. The summed E-state index contributed by atoms with van der Waals surface area (Å²) in [4.78, 5) is 3.97. The molecule has 90 valence electrons. The Bertz CT molecular complexity index is 302. The first kappa shape index (κ1) is 13.0. The number of methoxy groups -OCH3 is 1. The molecular formula is C13H21NO2. The van der Waals surface area contributed by atoms with Gasteiger partial charge in [-0.05, 0) is 12.5 Å². The molecule has 0 spiro atoms. The van der Waals surface area contributed by atoms with Crippen LogP contribution in [0.2, 0.25) is 0 Å². The summed E-state index contributed by atoms with van der Waals surface area (Å²) in [7, 11) is 1.60. The molecule has 0 bridgehead atoms. The zero-order valence-corrected chi connectivity index (χ0v) is 10.1. The second-order valence-corrected chi connectivity index (χ2v) is 3.98. The molecule has 0 aliphatic carbocycles. The SMILES string of the molecule is CCCCCCC(O)c1ccncc1OC. The molecule has 16 heavy (non-hydrogen) atoms. The van der Waals surface area contributed by atoms with Crippen LogP contribution >= 0.6 is 0 Å². The van der Waals surface area contributed by atoms with Gasteiger partial charge in [-0.25, -0.2) is 0 Å². The lowest BCUT2D eigenvalue weighted by atomic mass is 10.0. The average molecular weight is 223 g/mol. The Hall–Kier alpha value is -1.09. The number of hydrogen-bond donors (Lipinski definition) is 1. The molecule has 1 atom stereocenters. The summed E-state index contributed by atoms with van der Waals surface area (Å²) in [6.45, 7) is 2.18. The lowest BCUT2D eigenvalue weighted by Crippen LogP contribution is -2.01. The first-order chi connectivity index (χ1) is 7.79. The predicted molar refractivity (Wildman–Crippen MR) is 64.5 cm³/mol. The molecule has 1 unspecified atom stereocenters. The van der Waals surface area contributed by atoms with E-state index in [4.69, 9.17) is 4.74 Å². The third kappa shape index (κ3) is 3.81. The fraction of sp³-hybridized carbons (Fsp3) is 0.615. The number of nitrogens with zero attached hydrogens (tertiary/aromatic N) is 1. The Morgan fingerprint density at radius 2 is 2.19 bits per heavy atom. The monoisotopic (exact) mass is 223 g/mol. The Balaban J connectivity index is 2.48. The molecule has 0 aliphatic rings. The Morgan fingerprint density at radius 1 is 1.38 bits per heavy atom. The van der Waals surface area contributed by atoms with Gasteiger partial charge < -0.3 is 9.84 Å². The Kier molecular flexibility index (Phi) is 5.86. The van der Waals surface area contributed by atoms with Gasteiger partial charge in [-0.2, -0.15) is 0 Å². The van der Waals surface area contributed by atoms with Crippen molar-refractivity contribution in [3.8, 4) is 5.75 Å². The van der Waals surface area contributed by atoms with Crippen LogP contribution in [0.15, 0.2) is 18.5 Å². The lowest BCUT2D eigenvalue weighted by Gasteiger charge is -2.13. The average Bonchev–Trinajstić information content (AvgIpc) is 2.34. The highest BCUT2D eigenvalue weighted by molar-refractivity contribution is 5.31. The highest BCUT2D eigenvalue weighted by Gasteiger charge is 2.12. The highest BCUT2D eigenvalue weighted by atomic mass is 16.5. The van der Waals surface area contributed by atoms with Crippen molar-refractivity contribution in [1.82, 2.24) is 4.98 Å². The van der Waals surface area contributed by atoms with Gasteiger partial charge in [0.1, 0.15) is 5.75 Å². The molecular weight excluding hydrogens is 202 g/mol. The highest BCUT2D eigenvalue weighted by Crippen LogP contribution is 2.27. The van der Waals surface area contributed by atoms with Gasteiger partial charge in [0.2, 0.25) is 0 Å². The number of hydrogen-bond acceptors (Lipinski definition) is 3. The molecule has 0 amide bonds. The van der Waals surface area contributed by atoms with Crippen molar-refractivity contribution in [2.75, 3.05) is 7.11 Å². The minimum absolute atomic E-state index is 0.435. The fourth-order valence-corrected chi connectivity index (χ4v) is 1.76. The van der Waals surface area contributed by atoms with Crippen molar-refractivity contribution in [2.24, 2.45) is 0 Å². The molecule has 0 aromatic carbocycles. The van der Waals surface area contributed by atoms with Crippen LogP contribution < -0.4 is 4.74 Å². The largest absolute Gasteiger partial charge is 0.495 e. The van der Waals surface area contributed by atoms with Gasteiger partial charge in [0.15, 0.2) is 0 Å². The van der Waals surface area contributed by atoms with Gasteiger partial charge in [0, 0.05) is 11.8 Å². The molecule has 0 saturated heterocycles. The van der Waals surface area contributed by atoms with E-state index in [-0.39, 0.29) is 0 Å². The molecule has 0 fully saturated rings. The first-order valence-electron chi connectivity index (χ1n) is 5.95. The Morgan fingerprint density at radius 3 is 2.88 bits per heavy atom. The lowest BCUT2D eigenvalue weighted by molar-refractivity contribution is 0.159. The Labute approximate surface area is 97.5 Å². The smallest absolute Gasteiger partial charge is 0.142 e. The molecule has 1 aromatic rings. The third-order valence-electron chi connectivity index (χ3n) is 2.73. The summed E-state index contributed by atoms with van der Waals surface area (Å²) in [6, 6.07) is 1.82. The van der Waals surface area contributed by atoms with Crippen LogP contribution in [0, 0.1) is 0 Å². The van der Waals surface area contributed by atoms with Gasteiger partial charge in [-0.1, -0.05) is 32.6 Å². The summed E-state index contributed by atoms with van der Waals surface area (Å²) in [6.07, 6.45) is 8.38. The number of ether oxygens (including phenoxy) is 1.